The zero-order chi connectivity index (χ0) is 9.84. The molecule has 0 spiro atoms. The van der Waals surface area contributed by atoms with E-state index in [0.717, 1.165) is 0 Å². The first-order chi connectivity index (χ1) is 6.16. The molecule has 1 heterocycles. The van der Waals surface area contributed by atoms with Gasteiger partial charge in [0.1, 0.15) is 12.2 Å². The highest BCUT2D eigenvalue weighted by Gasteiger charge is 2.39. The first-order valence-corrected chi connectivity index (χ1v) is 5.28. The van der Waals surface area contributed by atoms with Crippen molar-refractivity contribution in [2.75, 3.05) is 18.1 Å². The fourth-order valence-corrected chi connectivity index (χ4v) is 1.98. The van der Waals surface area contributed by atoms with Crippen molar-refractivity contribution in [3.05, 3.63) is 6.92 Å². The van der Waals surface area contributed by atoms with Crippen LogP contribution in [0.25, 0.3) is 0 Å². The minimum absolute atomic E-state index is 0.0993. The van der Waals surface area contributed by atoms with Crippen LogP contribution in [0.1, 0.15) is 0 Å². The molecule has 13 heavy (non-hydrogen) atoms. The fourth-order valence-electron chi connectivity index (χ4n) is 1.18. The Labute approximate surface area is 81.9 Å². The quantitative estimate of drug-likeness (QED) is 0.510. The van der Waals surface area contributed by atoms with Gasteiger partial charge in [-0.05, 0) is 6.92 Å². The van der Waals surface area contributed by atoms with Gasteiger partial charge in [0, 0.05) is 11.5 Å². The molecule has 4 nitrogen and oxygen atoms in total. The first kappa shape index (κ1) is 11.3. The van der Waals surface area contributed by atoms with Crippen LogP contribution in [0, 0.1) is 6.92 Å². The van der Waals surface area contributed by atoms with E-state index in [9.17, 15) is 10.2 Å². The van der Waals surface area contributed by atoms with E-state index in [1.807, 2.05) is 0 Å². The molecule has 76 valence electrons. The maximum absolute atomic E-state index is 9.40. The SMILES string of the molecule is [CH][C@@H]1O[C@H](CSCCO)[C@H](O)C1O. The summed E-state index contributed by atoms with van der Waals surface area (Å²) in [6.45, 7) is 5.47. The molecule has 0 aliphatic carbocycles. The summed E-state index contributed by atoms with van der Waals surface area (Å²) >= 11 is 1.46. The van der Waals surface area contributed by atoms with Crippen molar-refractivity contribution >= 4 is 11.8 Å². The van der Waals surface area contributed by atoms with E-state index in [1.54, 1.807) is 0 Å². The molecular weight excluding hydrogens is 192 g/mol. The second kappa shape index (κ2) is 5.17. The number of thioether (sulfide) groups is 1. The summed E-state index contributed by atoms with van der Waals surface area (Å²) in [5.41, 5.74) is 0. The van der Waals surface area contributed by atoms with Gasteiger partial charge in [-0.15, -0.1) is 0 Å². The van der Waals surface area contributed by atoms with Gasteiger partial charge in [0.2, 0.25) is 0 Å². The Morgan fingerprint density at radius 2 is 2.00 bits per heavy atom. The summed E-state index contributed by atoms with van der Waals surface area (Å²) in [5, 5.41) is 27.1. The van der Waals surface area contributed by atoms with Gasteiger partial charge >= 0.3 is 0 Å². The van der Waals surface area contributed by atoms with Gasteiger partial charge in [-0.1, -0.05) is 0 Å². The van der Waals surface area contributed by atoms with Crippen molar-refractivity contribution in [3.63, 3.8) is 0 Å². The van der Waals surface area contributed by atoms with Crippen LogP contribution in [0.15, 0.2) is 0 Å². The third-order valence-electron chi connectivity index (χ3n) is 1.92. The van der Waals surface area contributed by atoms with Gasteiger partial charge in [0.05, 0.1) is 18.8 Å². The molecule has 3 N–H and O–H groups in total. The molecule has 2 radical (unpaired) electrons. The van der Waals surface area contributed by atoms with Gasteiger partial charge in [-0.3, -0.25) is 0 Å². The van der Waals surface area contributed by atoms with Crippen LogP contribution in [0.3, 0.4) is 0 Å². The Balaban J connectivity index is 2.27. The average molecular weight is 206 g/mol. The van der Waals surface area contributed by atoms with E-state index < -0.39 is 24.4 Å². The summed E-state index contributed by atoms with van der Waals surface area (Å²) in [7, 11) is 0. The molecule has 1 fully saturated rings. The molecule has 1 saturated heterocycles. The van der Waals surface area contributed by atoms with Crippen LogP contribution in [-0.2, 0) is 4.74 Å². The molecule has 1 aliphatic rings. The predicted molar refractivity (Wildman–Crippen MR) is 49.4 cm³/mol. The topological polar surface area (TPSA) is 69.9 Å². The molecule has 0 aromatic carbocycles. The predicted octanol–water partition coefficient (Wildman–Crippen LogP) is -1.09. The molecule has 5 heteroatoms. The lowest BCUT2D eigenvalue weighted by molar-refractivity contribution is 0.0337. The number of aliphatic hydroxyl groups is 3. The number of rotatable bonds is 4. The Bertz CT molecular complexity index is 155. The van der Waals surface area contributed by atoms with Crippen LogP contribution < -0.4 is 0 Å². The third kappa shape index (κ3) is 2.82. The van der Waals surface area contributed by atoms with Gasteiger partial charge in [0.25, 0.3) is 0 Å². The molecular formula is C8H14O4S. The van der Waals surface area contributed by atoms with Crippen LogP contribution in [0.2, 0.25) is 0 Å². The van der Waals surface area contributed by atoms with Crippen molar-refractivity contribution in [2.45, 2.75) is 24.4 Å². The van der Waals surface area contributed by atoms with E-state index >= 15 is 0 Å². The number of ether oxygens (including phenoxy) is 1. The zero-order valence-corrected chi connectivity index (χ0v) is 7.98. The lowest BCUT2D eigenvalue weighted by Crippen LogP contribution is -2.32. The monoisotopic (exact) mass is 206 g/mol. The Morgan fingerprint density at radius 3 is 2.46 bits per heavy atom. The van der Waals surface area contributed by atoms with Gasteiger partial charge in [-0.2, -0.15) is 11.8 Å². The minimum Gasteiger partial charge on any atom is -0.396 e. The molecule has 1 unspecified atom stereocenters. The van der Waals surface area contributed by atoms with Crippen molar-refractivity contribution in [3.8, 4) is 0 Å². The summed E-state index contributed by atoms with van der Waals surface area (Å²) in [6, 6.07) is 0. The van der Waals surface area contributed by atoms with Gasteiger partial charge in [-0.25, -0.2) is 0 Å². The number of hydrogen-bond acceptors (Lipinski definition) is 5. The summed E-state index contributed by atoms with van der Waals surface area (Å²) in [6.07, 6.45) is -3.14. The molecule has 1 rings (SSSR count). The lowest BCUT2D eigenvalue weighted by Gasteiger charge is -2.13. The molecule has 0 aromatic heterocycles. The van der Waals surface area contributed by atoms with E-state index in [4.69, 9.17) is 16.8 Å². The normalized spacial score (nSPS) is 39.7. The average Bonchev–Trinajstić information content (AvgIpc) is 2.34. The van der Waals surface area contributed by atoms with Crippen molar-refractivity contribution in [2.24, 2.45) is 0 Å². The minimum atomic E-state index is -1.00. The van der Waals surface area contributed by atoms with Gasteiger partial charge in [0.15, 0.2) is 0 Å². The largest absolute Gasteiger partial charge is 0.396 e. The van der Waals surface area contributed by atoms with Crippen LogP contribution in [0.4, 0.5) is 0 Å². The van der Waals surface area contributed by atoms with Crippen LogP contribution >= 0.6 is 11.8 Å². The van der Waals surface area contributed by atoms with E-state index in [-0.39, 0.29) is 6.61 Å². The van der Waals surface area contributed by atoms with Crippen LogP contribution in [-0.4, -0.2) is 57.8 Å². The number of hydrogen-bond donors (Lipinski definition) is 3. The Kier molecular flexibility index (Phi) is 4.48. The molecule has 0 saturated carbocycles. The smallest absolute Gasteiger partial charge is 0.109 e. The second-order valence-electron chi connectivity index (χ2n) is 2.92. The van der Waals surface area contributed by atoms with Crippen molar-refractivity contribution < 1.29 is 20.1 Å². The highest BCUT2D eigenvalue weighted by Crippen LogP contribution is 2.23. The summed E-state index contributed by atoms with van der Waals surface area (Å²) in [4.78, 5) is 0. The second-order valence-corrected chi connectivity index (χ2v) is 4.07. The molecule has 0 amide bonds. The van der Waals surface area contributed by atoms with E-state index in [0.29, 0.717) is 11.5 Å². The molecule has 4 atom stereocenters. The standard InChI is InChI=1S/C8H14O4S/c1-5-7(10)8(11)6(12-5)4-13-3-2-9/h1,5-11H,2-4H2/t5-,6+,7?,8-/m0/s1. The maximum Gasteiger partial charge on any atom is 0.109 e. The van der Waals surface area contributed by atoms with E-state index in [1.165, 1.54) is 11.8 Å². The molecule has 0 aromatic rings. The Morgan fingerprint density at radius 1 is 1.31 bits per heavy atom. The highest BCUT2D eigenvalue weighted by atomic mass is 32.2. The fraction of sp³-hybridized carbons (Fsp3) is 0.875. The summed E-state index contributed by atoms with van der Waals surface area (Å²) < 4.78 is 5.11. The lowest BCUT2D eigenvalue weighted by atomic mass is 10.1. The van der Waals surface area contributed by atoms with Gasteiger partial charge < -0.3 is 20.1 Å². The van der Waals surface area contributed by atoms with Crippen molar-refractivity contribution in [1.29, 1.82) is 0 Å². The summed E-state index contributed by atoms with van der Waals surface area (Å²) in [5.74, 6) is 1.13. The first-order valence-electron chi connectivity index (χ1n) is 4.12. The molecule has 1 aliphatic heterocycles. The third-order valence-corrected chi connectivity index (χ3v) is 2.95. The molecule has 0 bridgehead atoms. The van der Waals surface area contributed by atoms with E-state index in [2.05, 4.69) is 0 Å². The Hall–Kier alpha value is 0.190. The zero-order valence-electron chi connectivity index (χ0n) is 7.17. The number of aliphatic hydroxyl groups excluding tert-OH is 3. The highest BCUT2D eigenvalue weighted by molar-refractivity contribution is 7.99. The van der Waals surface area contributed by atoms with Crippen LogP contribution in [0.5, 0.6) is 0 Å². The van der Waals surface area contributed by atoms with Crippen molar-refractivity contribution in [1.82, 2.24) is 0 Å². The maximum atomic E-state index is 9.40.